The van der Waals surface area contributed by atoms with E-state index < -0.39 is 11.4 Å². The third-order valence-electron chi connectivity index (χ3n) is 6.92. The zero-order chi connectivity index (χ0) is 16.8. The van der Waals surface area contributed by atoms with E-state index in [2.05, 4.69) is 5.32 Å². The van der Waals surface area contributed by atoms with Crippen LogP contribution >= 0.6 is 0 Å². The Balaban J connectivity index is 1.38. The molecule has 24 heavy (non-hydrogen) atoms. The molecule has 4 rings (SSSR count). The number of rotatable bonds is 2. The molecule has 4 aliphatic rings. The fourth-order valence-electron chi connectivity index (χ4n) is 5.58. The molecule has 1 spiro atoms. The molecule has 2 amide bonds. The van der Waals surface area contributed by atoms with Crippen molar-refractivity contribution in [2.45, 2.75) is 69.4 Å². The number of carboxylic acids is 1. The number of carbonyl (C=O) groups is 2. The Bertz CT molecular complexity index is 531. The summed E-state index contributed by atoms with van der Waals surface area (Å²) in [4.78, 5) is 26.2. The van der Waals surface area contributed by atoms with Gasteiger partial charge in [0.05, 0.1) is 11.0 Å². The Kier molecular flexibility index (Phi) is 3.98. The topological polar surface area (TPSA) is 78.9 Å². The van der Waals surface area contributed by atoms with E-state index >= 15 is 0 Å². The van der Waals surface area contributed by atoms with Gasteiger partial charge in [0, 0.05) is 25.7 Å². The van der Waals surface area contributed by atoms with Crippen LogP contribution < -0.4 is 5.32 Å². The summed E-state index contributed by atoms with van der Waals surface area (Å²) in [5, 5.41) is 12.8. The molecule has 0 bridgehead atoms. The number of amides is 2. The van der Waals surface area contributed by atoms with E-state index in [9.17, 15) is 14.7 Å². The Hall–Kier alpha value is -1.30. The summed E-state index contributed by atoms with van der Waals surface area (Å²) in [6.45, 7) is 1.67. The molecule has 134 valence electrons. The lowest BCUT2D eigenvalue weighted by Crippen LogP contribution is -2.51. The lowest BCUT2D eigenvalue weighted by Gasteiger charge is -2.39. The van der Waals surface area contributed by atoms with Gasteiger partial charge in [-0.25, -0.2) is 4.79 Å². The number of hydrogen-bond acceptors (Lipinski definition) is 3. The van der Waals surface area contributed by atoms with Crippen molar-refractivity contribution in [2.75, 3.05) is 19.7 Å². The monoisotopic (exact) mass is 336 g/mol. The third-order valence-corrected chi connectivity index (χ3v) is 6.92. The van der Waals surface area contributed by atoms with Crippen molar-refractivity contribution in [1.82, 2.24) is 10.2 Å². The molecule has 0 aromatic carbocycles. The van der Waals surface area contributed by atoms with Crippen LogP contribution in [0.25, 0.3) is 0 Å². The Morgan fingerprint density at radius 1 is 1.12 bits per heavy atom. The number of fused-ring (bicyclic) bond motifs is 1. The summed E-state index contributed by atoms with van der Waals surface area (Å²) < 4.78 is 6.03. The van der Waals surface area contributed by atoms with Crippen LogP contribution in [-0.2, 0) is 9.53 Å². The SMILES string of the molecule is O=C(NC1CCOC2(CCCC2)C1)N1C[C@@H]2CCC[C@@]2(C(=O)O)C1. The lowest BCUT2D eigenvalue weighted by molar-refractivity contribution is -0.149. The first kappa shape index (κ1) is 16.2. The van der Waals surface area contributed by atoms with Gasteiger partial charge in [-0.05, 0) is 44.4 Å². The second kappa shape index (κ2) is 5.90. The summed E-state index contributed by atoms with van der Waals surface area (Å²) in [7, 11) is 0. The van der Waals surface area contributed by atoms with E-state index in [-0.39, 0.29) is 23.6 Å². The molecule has 2 aliphatic heterocycles. The molecule has 2 heterocycles. The average molecular weight is 336 g/mol. The summed E-state index contributed by atoms with van der Waals surface area (Å²) in [6, 6.07) is 0.0793. The van der Waals surface area contributed by atoms with Crippen molar-refractivity contribution >= 4 is 12.0 Å². The number of nitrogens with zero attached hydrogens (tertiary/aromatic N) is 1. The van der Waals surface area contributed by atoms with Gasteiger partial charge in [-0.3, -0.25) is 4.79 Å². The number of carboxylic acid groups (broad SMARTS) is 1. The molecule has 0 radical (unpaired) electrons. The van der Waals surface area contributed by atoms with Gasteiger partial charge in [-0.15, -0.1) is 0 Å². The second-order valence-electron chi connectivity index (χ2n) is 8.31. The number of nitrogens with one attached hydrogen (secondary N) is 1. The van der Waals surface area contributed by atoms with E-state index in [0.717, 1.165) is 38.5 Å². The molecular weight excluding hydrogens is 308 g/mol. The van der Waals surface area contributed by atoms with E-state index in [1.54, 1.807) is 4.90 Å². The maximum atomic E-state index is 12.7. The maximum absolute atomic E-state index is 12.7. The molecule has 6 heteroatoms. The smallest absolute Gasteiger partial charge is 0.317 e. The van der Waals surface area contributed by atoms with Gasteiger partial charge in [0.2, 0.25) is 0 Å². The first-order valence-corrected chi connectivity index (χ1v) is 9.46. The number of ether oxygens (including phenoxy) is 1. The highest BCUT2D eigenvalue weighted by molar-refractivity contribution is 5.80. The maximum Gasteiger partial charge on any atom is 0.317 e. The van der Waals surface area contributed by atoms with Gasteiger partial charge in [-0.1, -0.05) is 19.3 Å². The van der Waals surface area contributed by atoms with E-state index in [1.807, 2.05) is 0 Å². The Morgan fingerprint density at radius 3 is 2.62 bits per heavy atom. The van der Waals surface area contributed by atoms with Gasteiger partial charge in [0.15, 0.2) is 0 Å². The summed E-state index contributed by atoms with van der Waals surface area (Å²) in [5.74, 6) is -0.604. The van der Waals surface area contributed by atoms with E-state index in [0.29, 0.717) is 26.1 Å². The molecule has 3 atom stereocenters. The van der Waals surface area contributed by atoms with Gasteiger partial charge in [0.25, 0.3) is 0 Å². The zero-order valence-electron chi connectivity index (χ0n) is 14.3. The first-order chi connectivity index (χ1) is 11.5. The lowest BCUT2D eigenvalue weighted by atomic mass is 9.81. The van der Waals surface area contributed by atoms with Crippen molar-refractivity contribution in [3.8, 4) is 0 Å². The highest BCUT2D eigenvalue weighted by Gasteiger charge is 2.56. The predicted octanol–water partition coefficient (Wildman–Crippen LogP) is 2.37. The molecule has 2 saturated carbocycles. The zero-order valence-corrected chi connectivity index (χ0v) is 14.3. The highest BCUT2D eigenvalue weighted by atomic mass is 16.5. The normalized spacial score (nSPS) is 37.6. The summed E-state index contributed by atoms with van der Waals surface area (Å²) >= 11 is 0. The van der Waals surface area contributed by atoms with Crippen LogP contribution in [0.3, 0.4) is 0 Å². The molecule has 2 aliphatic carbocycles. The largest absolute Gasteiger partial charge is 0.481 e. The second-order valence-corrected chi connectivity index (χ2v) is 8.31. The molecular formula is C18H28N2O4. The fraction of sp³-hybridized carbons (Fsp3) is 0.889. The number of hydrogen-bond donors (Lipinski definition) is 2. The Morgan fingerprint density at radius 2 is 1.92 bits per heavy atom. The van der Waals surface area contributed by atoms with Crippen LogP contribution in [0.15, 0.2) is 0 Å². The molecule has 0 aromatic rings. The highest BCUT2D eigenvalue weighted by Crippen LogP contribution is 2.49. The number of urea groups is 1. The van der Waals surface area contributed by atoms with Gasteiger partial charge in [0.1, 0.15) is 0 Å². The van der Waals surface area contributed by atoms with Crippen LogP contribution in [0.4, 0.5) is 4.79 Å². The fourth-order valence-corrected chi connectivity index (χ4v) is 5.58. The first-order valence-electron chi connectivity index (χ1n) is 9.46. The van der Waals surface area contributed by atoms with Gasteiger partial charge < -0.3 is 20.1 Å². The van der Waals surface area contributed by atoms with E-state index in [4.69, 9.17) is 4.74 Å². The van der Waals surface area contributed by atoms with Gasteiger partial charge in [-0.2, -0.15) is 0 Å². The van der Waals surface area contributed by atoms with Crippen molar-refractivity contribution in [3.63, 3.8) is 0 Å². The number of carbonyl (C=O) groups excluding carboxylic acids is 1. The molecule has 2 saturated heterocycles. The minimum Gasteiger partial charge on any atom is -0.481 e. The summed E-state index contributed by atoms with van der Waals surface area (Å²) in [5.41, 5.74) is -0.709. The molecule has 4 fully saturated rings. The molecule has 6 nitrogen and oxygen atoms in total. The number of likely N-dealkylation sites (tertiary alicyclic amines) is 1. The van der Waals surface area contributed by atoms with Crippen molar-refractivity contribution in [2.24, 2.45) is 11.3 Å². The van der Waals surface area contributed by atoms with Crippen LogP contribution in [0.5, 0.6) is 0 Å². The van der Waals surface area contributed by atoms with Crippen LogP contribution in [-0.4, -0.2) is 53.3 Å². The molecule has 0 aromatic heterocycles. The van der Waals surface area contributed by atoms with Crippen molar-refractivity contribution < 1.29 is 19.4 Å². The molecule has 1 unspecified atom stereocenters. The minimum atomic E-state index is -0.726. The predicted molar refractivity (Wildman–Crippen MR) is 87.7 cm³/mol. The molecule has 2 N–H and O–H groups in total. The standard InChI is InChI=1S/C18H28N2O4/c21-15(22)18-8-3-4-13(18)11-20(12-18)16(23)19-14-5-9-24-17(10-14)6-1-2-7-17/h13-14H,1-12H2,(H,19,23)(H,21,22)/t13-,14?,18+/m0/s1. The average Bonchev–Trinajstić information content (AvgIpc) is 3.21. The van der Waals surface area contributed by atoms with Crippen LogP contribution in [0, 0.1) is 11.3 Å². The van der Waals surface area contributed by atoms with Crippen molar-refractivity contribution in [1.29, 1.82) is 0 Å². The van der Waals surface area contributed by atoms with E-state index in [1.165, 1.54) is 12.8 Å². The van der Waals surface area contributed by atoms with Crippen molar-refractivity contribution in [3.05, 3.63) is 0 Å². The number of aliphatic carboxylic acids is 1. The van der Waals surface area contributed by atoms with Gasteiger partial charge >= 0.3 is 12.0 Å². The minimum absolute atomic E-state index is 0.0139. The van der Waals surface area contributed by atoms with Crippen LogP contribution in [0.2, 0.25) is 0 Å². The van der Waals surface area contributed by atoms with Crippen LogP contribution in [0.1, 0.15) is 57.8 Å². The third kappa shape index (κ3) is 2.59. The quantitative estimate of drug-likeness (QED) is 0.811. The Labute approximate surface area is 142 Å². The summed E-state index contributed by atoms with van der Waals surface area (Å²) in [6.07, 6.45) is 9.00.